The molecule has 1 aromatic rings. The molecular formula is C30H56O5Si2. The van der Waals surface area contributed by atoms with E-state index in [9.17, 15) is 0 Å². The molecule has 1 heterocycles. The first-order chi connectivity index (χ1) is 16.9. The molecule has 0 aliphatic carbocycles. The number of methoxy groups -OCH3 is 1. The quantitative estimate of drug-likeness (QED) is 0.203. The van der Waals surface area contributed by atoms with Gasteiger partial charge in [-0.2, -0.15) is 0 Å². The molecule has 214 valence electrons. The standard InChI is InChI=1S/C30H56O5Si2/c1-22-21-32-28(24-16-18-25(31-9)19-17-24)34-27(22)23(2)26(35-37(12,13)30(6,7)8)15-14-20-33-36(10,11)29(3,4)5/h16-19,22-23,26-28H,14-15,20-21H2,1-13H3/t22-,23-,26+,27-,28?/m0/s1. The van der Waals surface area contributed by atoms with Gasteiger partial charge in [-0.1, -0.05) is 67.5 Å². The second-order valence-corrected chi connectivity index (χ2v) is 23.6. The van der Waals surface area contributed by atoms with E-state index in [1.165, 1.54) is 0 Å². The van der Waals surface area contributed by atoms with Crippen LogP contribution in [0.2, 0.25) is 36.3 Å². The fourth-order valence-corrected chi connectivity index (χ4v) is 6.78. The van der Waals surface area contributed by atoms with Crippen molar-refractivity contribution in [2.24, 2.45) is 11.8 Å². The van der Waals surface area contributed by atoms with Crippen LogP contribution in [0.1, 0.15) is 80.1 Å². The minimum atomic E-state index is -1.97. The Morgan fingerprint density at radius 3 is 2.03 bits per heavy atom. The zero-order chi connectivity index (χ0) is 28.2. The van der Waals surface area contributed by atoms with Crippen LogP contribution in [0, 0.1) is 11.8 Å². The molecule has 7 heteroatoms. The third-order valence-electron chi connectivity index (χ3n) is 9.00. The zero-order valence-electron chi connectivity index (χ0n) is 26.1. The van der Waals surface area contributed by atoms with Gasteiger partial charge in [-0.3, -0.25) is 0 Å². The Labute approximate surface area is 230 Å². The lowest BCUT2D eigenvalue weighted by Crippen LogP contribution is -2.50. The summed E-state index contributed by atoms with van der Waals surface area (Å²) in [6.45, 7) is 29.2. The Balaban J connectivity index is 2.18. The average molecular weight is 553 g/mol. The summed E-state index contributed by atoms with van der Waals surface area (Å²) in [4.78, 5) is 0. The van der Waals surface area contributed by atoms with Gasteiger partial charge in [-0.15, -0.1) is 0 Å². The van der Waals surface area contributed by atoms with E-state index in [1.54, 1.807) is 7.11 Å². The molecule has 0 N–H and O–H groups in total. The maximum atomic E-state index is 7.09. The molecule has 1 aliphatic heterocycles. The molecule has 37 heavy (non-hydrogen) atoms. The summed E-state index contributed by atoms with van der Waals surface area (Å²) in [5.74, 6) is 1.36. The highest BCUT2D eigenvalue weighted by molar-refractivity contribution is 6.74. The van der Waals surface area contributed by atoms with Gasteiger partial charge in [0.1, 0.15) is 5.75 Å². The smallest absolute Gasteiger partial charge is 0.192 e. The second kappa shape index (κ2) is 12.6. The molecule has 0 saturated carbocycles. The van der Waals surface area contributed by atoms with Crippen molar-refractivity contribution in [2.75, 3.05) is 20.3 Å². The van der Waals surface area contributed by atoms with Gasteiger partial charge < -0.3 is 23.1 Å². The summed E-state index contributed by atoms with van der Waals surface area (Å²) in [6, 6.07) is 7.99. The van der Waals surface area contributed by atoms with Crippen LogP contribution in [-0.2, 0) is 18.3 Å². The summed E-state index contributed by atoms with van der Waals surface area (Å²) < 4.78 is 31.7. The minimum absolute atomic E-state index is 0.0527. The lowest BCUT2D eigenvalue weighted by Gasteiger charge is -2.45. The van der Waals surface area contributed by atoms with E-state index in [1.807, 2.05) is 24.3 Å². The van der Waals surface area contributed by atoms with Gasteiger partial charge in [0.05, 0.1) is 25.9 Å². The maximum absolute atomic E-state index is 7.09. The highest BCUT2D eigenvalue weighted by atomic mass is 28.4. The van der Waals surface area contributed by atoms with Gasteiger partial charge in [0.2, 0.25) is 0 Å². The molecule has 1 aromatic carbocycles. The van der Waals surface area contributed by atoms with Crippen molar-refractivity contribution >= 4 is 16.6 Å². The Morgan fingerprint density at radius 2 is 1.51 bits per heavy atom. The van der Waals surface area contributed by atoms with Gasteiger partial charge in [0, 0.05) is 24.0 Å². The topological polar surface area (TPSA) is 46.2 Å². The van der Waals surface area contributed by atoms with Crippen LogP contribution in [0.15, 0.2) is 24.3 Å². The van der Waals surface area contributed by atoms with E-state index in [2.05, 4.69) is 81.6 Å². The summed E-state index contributed by atoms with van der Waals surface area (Å²) in [6.07, 6.45) is 1.77. The van der Waals surface area contributed by atoms with E-state index in [0.717, 1.165) is 30.8 Å². The highest BCUT2D eigenvalue weighted by Crippen LogP contribution is 2.42. The average Bonchev–Trinajstić information content (AvgIpc) is 2.79. The zero-order valence-corrected chi connectivity index (χ0v) is 28.1. The number of hydrogen-bond acceptors (Lipinski definition) is 5. The first kappa shape index (κ1) is 32.5. The van der Waals surface area contributed by atoms with Gasteiger partial charge in [-0.05, 0) is 61.2 Å². The van der Waals surface area contributed by atoms with Crippen LogP contribution in [0.5, 0.6) is 5.75 Å². The van der Waals surface area contributed by atoms with Crippen LogP contribution in [0.4, 0.5) is 0 Å². The predicted octanol–water partition coefficient (Wildman–Crippen LogP) is 8.57. The summed E-state index contributed by atoms with van der Waals surface area (Å²) in [5, 5.41) is 0.371. The number of benzene rings is 1. The van der Waals surface area contributed by atoms with Crippen LogP contribution >= 0.6 is 0 Å². The molecule has 0 spiro atoms. The third kappa shape index (κ3) is 8.64. The monoisotopic (exact) mass is 552 g/mol. The highest BCUT2D eigenvalue weighted by Gasteiger charge is 2.43. The van der Waals surface area contributed by atoms with Crippen molar-refractivity contribution < 1.29 is 23.1 Å². The molecule has 1 aliphatic rings. The Bertz CT molecular complexity index is 826. The molecule has 0 amide bonds. The van der Waals surface area contributed by atoms with E-state index in [-0.39, 0.29) is 34.5 Å². The Kier molecular flexibility index (Phi) is 11.1. The minimum Gasteiger partial charge on any atom is -0.497 e. The largest absolute Gasteiger partial charge is 0.497 e. The number of ether oxygens (including phenoxy) is 3. The third-order valence-corrected chi connectivity index (χ3v) is 18.0. The van der Waals surface area contributed by atoms with Gasteiger partial charge in [-0.25, -0.2) is 0 Å². The molecule has 5 atom stereocenters. The predicted molar refractivity (Wildman–Crippen MR) is 159 cm³/mol. The SMILES string of the molecule is COc1ccc(C2OC[C@H](C)[C@@H]([C@@H](C)[C@@H](CCCO[Si](C)(C)C(C)(C)C)O[Si](C)(C)C(C)(C)C)O2)cc1. The first-order valence-electron chi connectivity index (χ1n) is 14.1. The lowest BCUT2D eigenvalue weighted by molar-refractivity contribution is -0.255. The fraction of sp³-hybridized carbons (Fsp3) is 0.800. The second-order valence-electron chi connectivity index (χ2n) is 14.0. The molecular weight excluding hydrogens is 496 g/mol. The van der Waals surface area contributed by atoms with Gasteiger partial charge >= 0.3 is 0 Å². The van der Waals surface area contributed by atoms with Crippen LogP contribution in [-0.4, -0.2) is 49.2 Å². The van der Waals surface area contributed by atoms with Crippen LogP contribution in [0.25, 0.3) is 0 Å². The van der Waals surface area contributed by atoms with Crippen molar-refractivity contribution in [2.45, 2.75) is 123 Å². The van der Waals surface area contributed by atoms with E-state index in [0.29, 0.717) is 12.5 Å². The molecule has 0 aromatic heterocycles. The number of hydrogen-bond donors (Lipinski definition) is 0. The van der Waals surface area contributed by atoms with Gasteiger partial charge in [0.25, 0.3) is 0 Å². The molecule has 1 saturated heterocycles. The first-order valence-corrected chi connectivity index (χ1v) is 19.9. The summed E-state index contributed by atoms with van der Waals surface area (Å²) in [5.41, 5.74) is 1.02. The summed E-state index contributed by atoms with van der Waals surface area (Å²) >= 11 is 0. The number of rotatable bonds is 11. The molecule has 2 rings (SSSR count). The van der Waals surface area contributed by atoms with Crippen LogP contribution in [0.3, 0.4) is 0 Å². The molecule has 0 bridgehead atoms. The normalized spacial score (nSPS) is 23.5. The van der Waals surface area contributed by atoms with E-state index >= 15 is 0 Å². The molecule has 1 unspecified atom stereocenters. The summed E-state index contributed by atoms with van der Waals surface area (Å²) in [7, 11) is -2.04. The van der Waals surface area contributed by atoms with Crippen molar-refractivity contribution in [3.8, 4) is 5.75 Å². The van der Waals surface area contributed by atoms with Crippen LogP contribution < -0.4 is 4.74 Å². The molecule has 5 nitrogen and oxygen atoms in total. The fourth-order valence-electron chi connectivity index (χ4n) is 4.25. The molecule has 1 fully saturated rings. The van der Waals surface area contributed by atoms with Crippen molar-refractivity contribution in [3.05, 3.63) is 29.8 Å². The maximum Gasteiger partial charge on any atom is 0.192 e. The van der Waals surface area contributed by atoms with Gasteiger partial charge in [0.15, 0.2) is 22.9 Å². The Hall–Kier alpha value is -0.706. The van der Waals surface area contributed by atoms with Crippen molar-refractivity contribution in [1.82, 2.24) is 0 Å². The Morgan fingerprint density at radius 1 is 0.946 bits per heavy atom. The lowest BCUT2D eigenvalue weighted by atomic mass is 9.87. The van der Waals surface area contributed by atoms with E-state index < -0.39 is 16.6 Å². The van der Waals surface area contributed by atoms with Crippen molar-refractivity contribution in [3.63, 3.8) is 0 Å². The van der Waals surface area contributed by atoms with Crippen molar-refractivity contribution in [1.29, 1.82) is 0 Å². The molecule has 0 radical (unpaired) electrons. The van der Waals surface area contributed by atoms with E-state index in [4.69, 9.17) is 23.1 Å².